The molecule has 2 aromatic carbocycles. The second kappa shape index (κ2) is 9.74. The zero-order chi connectivity index (χ0) is 18.2. The van der Waals surface area contributed by atoms with E-state index < -0.39 is 0 Å². The van der Waals surface area contributed by atoms with E-state index >= 15 is 0 Å². The maximum atomic E-state index is 12.9. The predicted molar refractivity (Wildman–Crippen MR) is 105 cm³/mol. The highest BCUT2D eigenvalue weighted by Crippen LogP contribution is 2.19. The third-order valence-electron chi connectivity index (χ3n) is 4.62. The summed E-state index contributed by atoms with van der Waals surface area (Å²) in [6.07, 6.45) is 2.34. The Bertz CT molecular complexity index is 693. The molecular formula is C21H25FN2OS. The molecular weight excluding hydrogens is 347 g/mol. The third kappa shape index (κ3) is 6.15. The van der Waals surface area contributed by atoms with Gasteiger partial charge in [-0.15, -0.1) is 11.8 Å². The Hall–Kier alpha value is -1.85. The van der Waals surface area contributed by atoms with Crippen LogP contribution in [0.2, 0.25) is 0 Å². The van der Waals surface area contributed by atoms with Gasteiger partial charge in [-0.3, -0.25) is 9.69 Å². The molecule has 0 spiro atoms. The number of benzene rings is 2. The molecule has 0 aromatic heterocycles. The van der Waals surface area contributed by atoms with E-state index in [1.165, 1.54) is 35.9 Å². The van der Waals surface area contributed by atoms with Gasteiger partial charge in [0, 0.05) is 24.5 Å². The van der Waals surface area contributed by atoms with Crippen molar-refractivity contribution in [2.24, 2.45) is 5.92 Å². The summed E-state index contributed by atoms with van der Waals surface area (Å²) in [5.74, 6) is 0.661. The minimum absolute atomic E-state index is 0.0412. The van der Waals surface area contributed by atoms with Gasteiger partial charge in [-0.25, -0.2) is 4.39 Å². The maximum absolute atomic E-state index is 12.9. The standard InChI is InChI=1S/C21H25FN2OS/c22-19-8-10-20(11-9-19)26-16-21(25)23-13-18-7-4-12-24(15-18)14-17-5-2-1-3-6-17/h1-3,5-6,8-11,18H,4,7,12-16H2,(H,23,25). The molecule has 1 fully saturated rings. The Balaban J connectivity index is 1.38. The lowest BCUT2D eigenvalue weighted by molar-refractivity contribution is -0.118. The zero-order valence-corrected chi connectivity index (χ0v) is 15.7. The molecule has 1 atom stereocenters. The van der Waals surface area contributed by atoms with Crippen molar-refractivity contribution in [2.45, 2.75) is 24.3 Å². The fraction of sp³-hybridized carbons (Fsp3) is 0.381. The highest BCUT2D eigenvalue weighted by atomic mass is 32.2. The minimum Gasteiger partial charge on any atom is -0.355 e. The number of piperidine rings is 1. The van der Waals surface area contributed by atoms with Gasteiger partial charge in [-0.2, -0.15) is 0 Å². The summed E-state index contributed by atoms with van der Waals surface area (Å²) in [5.41, 5.74) is 1.34. The molecule has 5 heteroatoms. The topological polar surface area (TPSA) is 32.3 Å². The molecule has 3 rings (SSSR count). The second-order valence-corrected chi connectivity index (χ2v) is 7.82. The number of hydrogen-bond donors (Lipinski definition) is 1. The summed E-state index contributed by atoms with van der Waals surface area (Å²) in [6.45, 7) is 3.86. The minimum atomic E-state index is -0.254. The van der Waals surface area contributed by atoms with E-state index in [-0.39, 0.29) is 11.7 Å². The first-order valence-electron chi connectivity index (χ1n) is 9.10. The van der Waals surface area contributed by atoms with Gasteiger partial charge in [0.15, 0.2) is 0 Å². The molecule has 0 saturated carbocycles. The van der Waals surface area contributed by atoms with Gasteiger partial charge in [0.2, 0.25) is 5.91 Å². The van der Waals surface area contributed by atoms with E-state index in [0.717, 1.165) is 37.5 Å². The molecule has 0 bridgehead atoms. The monoisotopic (exact) mass is 372 g/mol. The van der Waals surface area contributed by atoms with Crippen molar-refractivity contribution in [3.05, 3.63) is 66.0 Å². The van der Waals surface area contributed by atoms with Gasteiger partial charge in [-0.1, -0.05) is 30.3 Å². The number of hydrogen-bond acceptors (Lipinski definition) is 3. The molecule has 26 heavy (non-hydrogen) atoms. The van der Waals surface area contributed by atoms with Crippen LogP contribution in [-0.4, -0.2) is 36.2 Å². The Morgan fingerprint density at radius 3 is 2.69 bits per heavy atom. The molecule has 1 N–H and O–H groups in total. The Morgan fingerprint density at radius 1 is 1.15 bits per heavy atom. The van der Waals surface area contributed by atoms with Gasteiger partial charge in [-0.05, 0) is 55.1 Å². The molecule has 138 valence electrons. The number of nitrogens with zero attached hydrogens (tertiary/aromatic N) is 1. The van der Waals surface area contributed by atoms with Crippen LogP contribution in [0.5, 0.6) is 0 Å². The van der Waals surface area contributed by atoms with Gasteiger partial charge < -0.3 is 5.32 Å². The van der Waals surface area contributed by atoms with Crippen molar-refractivity contribution in [1.29, 1.82) is 0 Å². The van der Waals surface area contributed by atoms with Crippen molar-refractivity contribution in [3.8, 4) is 0 Å². The van der Waals surface area contributed by atoms with Crippen LogP contribution < -0.4 is 5.32 Å². The summed E-state index contributed by atoms with van der Waals surface area (Å²) >= 11 is 1.44. The average Bonchev–Trinajstić information content (AvgIpc) is 2.67. The van der Waals surface area contributed by atoms with Crippen molar-refractivity contribution >= 4 is 17.7 Å². The number of carbonyl (C=O) groups excluding carboxylic acids is 1. The maximum Gasteiger partial charge on any atom is 0.230 e. The van der Waals surface area contributed by atoms with Crippen LogP contribution >= 0.6 is 11.8 Å². The molecule has 1 heterocycles. The summed E-state index contributed by atoms with van der Waals surface area (Å²) < 4.78 is 12.9. The Morgan fingerprint density at radius 2 is 1.92 bits per heavy atom. The fourth-order valence-corrected chi connectivity index (χ4v) is 4.02. The largest absolute Gasteiger partial charge is 0.355 e. The van der Waals surface area contributed by atoms with Crippen molar-refractivity contribution in [1.82, 2.24) is 10.2 Å². The molecule has 3 nitrogen and oxygen atoms in total. The van der Waals surface area contributed by atoms with E-state index in [0.29, 0.717) is 11.7 Å². The number of likely N-dealkylation sites (tertiary alicyclic amines) is 1. The highest BCUT2D eigenvalue weighted by Gasteiger charge is 2.20. The summed E-state index contributed by atoms with van der Waals surface area (Å²) in [7, 11) is 0. The molecule has 1 aliphatic heterocycles. The first-order valence-corrected chi connectivity index (χ1v) is 10.1. The van der Waals surface area contributed by atoms with E-state index in [1.807, 2.05) is 6.07 Å². The van der Waals surface area contributed by atoms with E-state index in [2.05, 4.69) is 34.5 Å². The van der Waals surface area contributed by atoms with E-state index in [9.17, 15) is 9.18 Å². The first kappa shape index (κ1) is 18.9. The summed E-state index contributed by atoms with van der Waals surface area (Å²) in [6, 6.07) is 16.8. The lowest BCUT2D eigenvalue weighted by Crippen LogP contribution is -2.40. The zero-order valence-electron chi connectivity index (χ0n) is 14.9. The van der Waals surface area contributed by atoms with Crippen molar-refractivity contribution in [2.75, 3.05) is 25.4 Å². The van der Waals surface area contributed by atoms with Crippen molar-refractivity contribution in [3.63, 3.8) is 0 Å². The third-order valence-corrected chi connectivity index (χ3v) is 5.64. The lowest BCUT2D eigenvalue weighted by atomic mass is 9.97. The van der Waals surface area contributed by atoms with Gasteiger partial charge in [0.25, 0.3) is 0 Å². The number of nitrogens with one attached hydrogen (secondary N) is 1. The van der Waals surface area contributed by atoms with Gasteiger partial charge in [0.1, 0.15) is 5.82 Å². The molecule has 2 aromatic rings. The number of carbonyl (C=O) groups is 1. The second-order valence-electron chi connectivity index (χ2n) is 6.78. The van der Waals surface area contributed by atoms with Gasteiger partial charge in [0.05, 0.1) is 5.75 Å². The lowest BCUT2D eigenvalue weighted by Gasteiger charge is -2.32. The number of amides is 1. The Kier molecular flexibility index (Phi) is 7.09. The van der Waals surface area contributed by atoms with Crippen molar-refractivity contribution < 1.29 is 9.18 Å². The number of thioether (sulfide) groups is 1. The quantitative estimate of drug-likeness (QED) is 0.747. The van der Waals surface area contributed by atoms with Gasteiger partial charge >= 0.3 is 0 Å². The first-order chi connectivity index (χ1) is 12.7. The fourth-order valence-electron chi connectivity index (χ4n) is 3.29. The molecule has 1 unspecified atom stereocenters. The van der Waals surface area contributed by atoms with Crippen LogP contribution in [0, 0.1) is 11.7 Å². The van der Waals surface area contributed by atoms with Crippen LogP contribution in [-0.2, 0) is 11.3 Å². The van der Waals surface area contributed by atoms with Crippen LogP contribution in [0.3, 0.4) is 0 Å². The number of rotatable bonds is 7. The normalized spacial score (nSPS) is 17.8. The molecule has 0 aliphatic carbocycles. The number of halogens is 1. The SMILES string of the molecule is O=C(CSc1ccc(F)cc1)NCC1CCCN(Cc2ccccc2)C1. The molecule has 1 amide bonds. The molecule has 0 radical (unpaired) electrons. The van der Waals surface area contributed by atoms with Crippen LogP contribution in [0.25, 0.3) is 0 Å². The average molecular weight is 373 g/mol. The summed E-state index contributed by atoms with van der Waals surface area (Å²) in [4.78, 5) is 15.5. The highest BCUT2D eigenvalue weighted by molar-refractivity contribution is 8.00. The van der Waals surface area contributed by atoms with E-state index in [1.54, 1.807) is 12.1 Å². The smallest absolute Gasteiger partial charge is 0.230 e. The Labute approximate surface area is 159 Å². The molecule has 1 saturated heterocycles. The van der Waals surface area contributed by atoms with Crippen LogP contribution in [0.4, 0.5) is 4.39 Å². The molecule has 1 aliphatic rings. The van der Waals surface area contributed by atoms with Crippen LogP contribution in [0.15, 0.2) is 59.5 Å². The van der Waals surface area contributed by atoms with Crippen LogP contribution in [0.1, 0.15) is 18.4 Å². The van der Waals surface area contributed by atoms with E-state index in [4.69, 9.17) is 0 Å². The summed E-state index contributed by atoms with van der Waals surface area (Å²) in [5, 5.41) is 3.06. The predicted octanol–water partition coefficient (Wildman–Crippen LogP) is 3.95.